The van der Waals surface area contributed by atoms with Crippen LogP contribution in [0, 0.1) is 5.82 Å². The minimum Gasteiger partial charge on any atom is -0.496 e. The van der Waals surface area contributed by atoms with Gasteiger partial charge in [-0.05, 0) is 25.5 Å². The molecule has 4 nitrogen and oxygen atoms in total. The maximum atomic E-state index is 14.0. The van der Waals surface area contributed by atoms with Crippen LogP contribution in [0.4, 0.5) is 10.1 Å². The van der Waals surface area contributed by atoms with Crippen LogP contribution in [0.2, 0.25) is 0 Å². The van der Waals surface area contributed by atoms with Crippen LogP contribution in [0.5, 0.6) is 5.75 Å². The van der Waals surface area contributed by atoms with Crippen molar-refractivity contribution in [2.24, 2.45) is 7.05 Å². The molecule has 0 aliphatic carbocycles. The second-order valence-corrected chi connectivity index (χ2v) is 4.74. The molecule has 0 spiro atoms. The summed E-state index contributed by atoms with van der Waals surface area (Å²) in [7, 11) is 3.42. The fourth-order valence-corrected chi connectivity index (χ4v) is 2.34. The quantitative estimate of drug-likeness (QED) is 0.911. The third-order valence-corrected chi connectivity index (χ3v) is 3.28. The highest BCUT2D eigenvalue weighted by Gasteiger charge is 2.18. The van der Waals surface area contributed by atoms with Crippen LogP contribution < -0.4 is 10.1 Å². The number of aromatic nitrogens is 2. The molecule has 0 saturated carbocycles. The third-order valence-electron chi connectivity index (χ3n) is 3.28. The summed E-state index contributed by atoms with van der Waals surface area (Å²) in [6.07, 6.45) is 2.73. The van der Waals surface area contributed by atoms with Gasteiger partial charge in [-0.25, -0.2) is 4.39 Å². The largest absolute Gasteiger partial charge is 0.496 e. The van der Waals surface area contributed by atoms with Crippen molar-refractivity contribution in [3.8, 4) is 5.75 Å². The van der Waals surface area contributed by atoms with Crippen LogP contribution in [0.15, 0.2) is 24.4 Å². The van der Waals surface area contributed by atoms with Crippen molar-refractivity contribution in [3.63, 3.8) is 0 Å². The molecule has 1 atom stereocenters. The Morgan fingerprint density at radius 2 is 2.20 bits per heavy atom. The minimum absolute atomic E-state index is 0.208. The molecular weight excluding hydrogens is 257 g/mol. The molecule has 2 aromatic rings. The average molecular weight is 277 g/mol. The van der Waals surface area contributed by atoms with Crippen molar-refractivity contribution in [2.75, 3.05) is 12.4 Å². The number of aryl methyl sites for hydroxylation is 2. The lowest BCUT2D eigenvalue weighted by Crippen LogP contribution is -2.11. The number of hydrogen-bond donors (Lipinski definition) is 1. The second kappa shape index (κ2) is 5.94. The lowest BCUT2D eigenvalue weighted by atomic mass is 10.1. The maximum Gasteiger partial charge on any atom is 0.132 e. The van der Waals surface area contributed by atoms with Crippen molar-refractivity contribution in [3.05, 3.63) is 41.5 Å². The molecule has 0 aliphatic heterocycles. The number of ether oxygens (including phenoxy) is 1. The molecule has 1 N–H and O–H groups in total. The fourth-order valence-electron chi connectivity index (χ4n) is 2.34. The van der Waals surface area contributed by atoms with Gasteiger partial charge in [0.25, 0.3) is 0 Å². The molecule has 1 aromatic heterocycles. The Balaban J connectivity index is 2.30. The molecule has 0 saturated heterocycles. The summed E-state index contributed by atoms with van der Waals surface area (Å²) < 4.78 is 21.0. The van der Waals surface area contributed by atoms with Crippen LogP contribution in [0.3, 0.4) is 0 Å². The summed E-state index contributed by atoms with van der Waals surface area (Å²) in [5.74, 6) is 0.276. The van der Waals surface area contributed by atoms with Gasteiger partial charge in [0.15, 0.2) is 0 Å². The van der Waals surface area contributed by atoms with Crippen molar-refractivity contribution in [1.29, 1.82) is 0 Å². The predicted molar refractivity (Wildman–Crippen MR) is 77.6 cm³/mol. The minimum atomic E-state index is -0.272. The predicted octanol–water partition coefficient (Wildman–Crippen LogP) is 3.30. The topological polar surface area (TPSA) is 39.1 Å². The SMILES string of the molecule is CCc1nn(C)cc1NC(C)c1c(F)cccc1OC. The highest BCUT2D eigenvalue weighted by atomic mass is 19.1. The standard InChI is InChI=1S/C15H20FN3O/c1-5-12-13(9-19(3)18-12)17-10(2)15-11(16)7-6-8-14(15)20-4/h6-10,17H,5H2,1-4H3. The van der Waals surface area contributed by atoms with Gasteiger partial charge in [-0.3, -0.25) is 4.68 Å². The highest BCUT2D eigenvalue weighted by molar-refractivity contribution is 5.50. The molecule has 0 amide bonds. The summed E-state index contributed by atoms with van der Waals surface area (Å²) in [5, 5.41) is 7.68. The molecule has 108 valence electrons. The zero-order valence-electron chi connectivity index (χ0n) is 12.3. The Hall–Kier alpha value is -2.04. The Bertz CT molecular complexity index is 595. The first kappa shape index (κ1) is 14.4. The van der Waals surface area contributed by atoms with Gasteiger partial charge in [-0.1, -0.05) is 13.0 Å². The molecule has 0 radical (unpaired) electrons. The van der Waals surface area contributed by atoms with Crippen molar-refractivity contribution in [2.45, 2.75) is 26.3 Å². The molecule has 2 rings (SSSR count). The second-order valence-electron chi connectivity index (χ2n) is 4.74. The number of benzene rings is 1. The third kappa shape index (κ3) is 2.76. The lowest BCUT2D eigenvalue weighted by molar-refractivity contribution is 0.402. The summed E-state index contributed by atoms with van der Waals surface area (Å²) in [6.45, 7) is 3.95. The van der Waals surface area contributed by atoms with E-state index in [9.17, 15) is 4.39 Å². The first-order chi connectivity index (χ1) is 9.56. The Labute approximate surface area is 118 Å². The normalized spacial score (nSPS) is 12.2. The van der Waals surface area contributed by atoms with E-state index in [4.69, 9.17) is 4.74 Å². The van der Waals surface area contributed by atoms with Crippen molar-refractivity contribution in [1.82, 2.24) is 9.78 Å². The zero-order valence-corrected chi connectivity index (χ0v) is 12.3. The Kier molecular flexibility index (Phi) is 4.27. The van der Waals surface area contributed by atoms with Crippen LogP contribution in [-0.4, -0.2) is 16.9 Å². The van der Waals surface area contributed by atoms with Gasteiger partial charge in [-0.15, -0.1) is 0 Å². The average Bonchev–Trinajstić information content (AvgIpc) is 2.78. The molecule has 5 heteroatoms. The van der Waals surface area contributed by atoms with Gasteiger partial charge in [0.1, 0.15) is 11.6 Å². The van der Waals surface area contributed by atoms with Gasteiger partial charge in [0.2, 0.25) is 0 Å². The van der Waals surface area contributed by atoms with E-state index >= 15 is 0 Å². The molecule has 0 aliphatic rings. The zero-order chi connectivity index (χ0) is 14.7. The van der Waals surface area contributed by atoms with Gasteiger partial charge in [0, 0.05) is 13.2 Å². The van der Waals surface area contributed by atoms with Crippen LogP contribution in [0.1, 0.15) is 31.1 Å². The Morgan fingerprint density at radius 1 is 1.45 bits per heavy atom. The molecular formula is C15H20FN3O. The Morgan fingerprint density at radius 3 is 2.85 bits per heavy atom. The van der Waals surface area contributed by atoms with Crippen molar-refractivity contribution < 1.29 is 9.13 Å². The van der Waals surface area contributed by atoms with E-state index in [1.807, 2.05) is 27.1 Å². The summed E-state index contributed by atoms with van der Waals surface area (Å²) in [5.41, 5.74) is 2.42. The first-order valence-electron chi connectivity index (χ1n) is 6.68. The number of halogens is 1. The summed E-state index contributed by atoms with van der Waals surface area (Å²) in [4.78, 5) is 0. The molecule has 0 bridgehead atoms. The van der Waals surface area contributed by atoms with E-state index in [0.717, 1.165) is 17.8 Å². The number of rotatable bonds is 5. The number of methoxy groups -OCH3 is 1. The van der Waals surface area contributed by atoms with Crippen LogP contribution >= 0.6 is 0 Å². The summed E-state index contributed by atoms with van der Waals surface area (Å²) in [6, 6.07) is 4.65. The van der Waals surface area contributed by atoms with Crippen LogP contribution in [0.25, 0.3) is 0 Å². The van der Waals surface area contributed by atoms with E-state index in [2.05, 4.69) is 10.4 Å². The first-order valence-corrected chi connectivity index (χ1v) is 6.68. The number of nitrogens with zero attached hydrogens (tertiary/aromatic N) is 2. The van der Waals surface area contributed by atoms with Crippen LogP contribution in [-0.2, 0) is 13.5 Å². The molecule has 1 aromatic carbocycles. The lowest BCUT2D eigenvalue weighted by Gasteiger charge is -2.18. The number of hydrogen-bond acceptors (Lipinski definition) is 3. The summed E-state index contributed by atoms with van der Waals surface area (Å²) >= 11 is 0. The van der Waals surface area contributed by atoms with E-state index in [0.29, 0.717) is 11.3 Å². The van der Waals surface area contributed by atoms with E-state index < -0.39 is 0 Å². The van der Waals surface area contributed by atoms with Gasteiger partial charge < -0.3 is 10.1 Å². The van der Waals surface area contributed by atoms with E-state index in [1.165, 1.54) is 6.07 Å². The molecule has 1 heterocycles. The number of anilines is 1. The molecule has 20 heavy (non-hydrogen) atoms. The molecule has 0 fully saturated rings. The van der Waals surface area contributed by atoms with Gasteiger partial charge in [-0.2, -0.15) is 5.10 Å². The fraction of sp³-hybridized carbons (Fsp3) is 0.400. The molecule has 1 unspecified atom stereocenters. The van der Waals surface area contributed by atoms with Gasteiger partial charge >= 0.3 is 0 Å². The van der Waals surface area contributed by atoms with E-state index in [1.54, 1.807) is 23.9 Å². The van der Waals surface area contributed by atoms with E-state index in [-0.39, 0.29) is 11.9 Å². The highest BCUT2D eigenvalue weighted by Crippen LogP contribution is 2.30. The van der Waals surface area contributed by atoms with Crippen molar-refractivity contribution >= 4 is 5.69 Å². The van der Waals surface area contributed by atoms with Gasteiger partial charge in [0.05, 0.1) is 30.1 Å². The maximum absolute atomic E-state index is 14.0. The number of nitrogens with one attached hydrogen (secondary N) is 1. The monoisotopic (exact) mass is 277 g/mol. The smallest absolute Gasteiger partial charge is 0.132 e.